The van der Waals surface area contributed by atoms with Gasteiger partial charge in [-0.15, -0.1) is 0 Å². The van der Waals surface area contributed by atoms with Gasteiger partial charge in [0.2, 0.25) is 0 Å². The molecule has 11 heteroatoms. The van der Waals surface area contributed by atoms with Crippen molar-refractivity contribution in [3.05, 3.63) is 121 Å². The van der Waals surface area contributed by atoms with E-state index in [0.29, 0.717) is 22.6 Å². The van der Waals surface area contributed by atoms with Crippen LogP contribution in [-0.4, -0.2) is 35.3 Å². The minimum absolute atomic E-state index is 0.575. The van der Waals surface area contributed by atoms with Crippen LogP contribution in [0.5, 0.6) is 0 Å². The Morgan fingerprint density at radius 1 is 0.383 bits per heavy atom. The van der Waals surface area contributed by atoms with Crippen LogP contribution in [0.15, 0.2) is 121 Å². The van der Waals surface area contributed by atoms with Crippen LogP contribution in [0.1, 0.15) is 55.4 Å². The van der Waals surface area contributed by atoms with Gasteiger partial charge in [0.25, 0.3) is 0 Å². The van der Waals surface area contributed by atoms with Gasteiger partial charge in [-0.1, -0.05) is 0 Å². The van der Waals surface area contributed by atoms with Crippen LogP contribution in [0.25, 0.3) is 0 Å². The van der Waals surface area contributed by atoms with Crippen molar-refractivity contribution in [2.24, 2.45) is 0 Å². The molecule has 250 valence electrons. The van der Waals surface area contributed by atoms with Gasteiger partial charge in [-0.05, 0) is 0 Å². The fraction of sp³-hybridized carbons (Fsp3) is 0.333. The predicted molar refractivity (Wildman–Crippen MR) is 235 cm³/mol. The zero-order valence-electron chi connectivity index (χ0n) is 28.7. The fourth-order valence-electron chi connectivity index (χ4n) is 6.42. The van der Waals surface area contributed by atoms with Gasteiger partial charge in [0.05, 0.1) is 0 Å². The van der Waals surface area contributed by atoms with E-state index in [1.165, 1.54) is 21.2 Å². The molecule has 0 aliphatic carbocycles. The van der Waals surface area contributed by atoms with Crippen LogP contribution < -0.4 is 30.9 Å². The molecule has 0 radical (unpaired) electrons. The standard InChI is InChI=1S/C36H50N2P4S4Te/c1-29(2)39(30(3)4)37-41(33-21-13-9-14-22-33,34-23-15-10-16-24-34)45-47(43-39)44-40(31(5)6,32(7)8)38-42(46-47,35-25-17-11-18-26-35)36-27-19-12-20-28-36/h9-32,37-38H,1-8H3/q+4. The Labute approximate surface area is 301 Å². The molecular weight excluding hydrogens is 840 g/mol. The number of hydrogen-bond donors (Lipinski definition) is 2. The summed E-state index contributed by atoms with van der Waals surface area (Å²) in [6.45, 7) is 12.7. The van der Waals surface area contributed by atoms with E-state index in [1.54, 1.807) is 0 Å². The number of nitrogens with one attached hydrogen (secondary N) is 2. The van der Waals surface area contributed by atoms with Gasteiger partial charge in [0.15, 0.2) is 0 Å². The fourth-order valence-corrected chi connectivity index (χ4v) is 219. The molecule has 2 fully saturated rings. The molecule has 0 amide bonds. The second-order valence-corrected chi connectivity index (χ2v) is 75.2. The SMILES string of the molecule is CC(C)[P+]1(C(C)C)N[P+](c2ccccc2)(c2ccccc2)S[Te]2(S[P+](c3ccccc3)(c3ccccc3)N[P+](C(C)C)(C(C)C)S2)S1. The summed E-state index contributed by atoms with van der Waals surface area (Å²) < 4.78 is 0. The molecule has 2 saturated heterocycles. The van der Waals surface area contributed by atoms with E-state index in [9.17, 15) is 0 Å². The van der Waals surface area contributed by atoms with Crippen molar-refractivity contribution in [3.63, 3.8) is 0 Å². The third-order valence-electron chi connectivity index (χ3n) is 8.98. The van der Waals surface area contributed by atoms with Crippen LogP contribution in [0.4, 0.5) is 0 Å². The van der Waals surface area contributed by atoms with Crippen molar-refractivity contribution in [2.45, 2.75) is 78.0 Å². The van der Waals surface area contributed by atoms with Crippen molar-refractivity contribution < 1.29 is 0 Å². The molecular formula is C36H50N2P4S4Te+4. The molecule has 0 unspecified atom stereocenters. The summed E-state index contributed by atoms with van der Waals surface area (Å²) in [6, 6.07) is 46.6. The molecule has 0 aromatic heterocycles. The first kappa shape index (κ1) is 37.5. The van der Waals surface area contributed by atoms with E-state index < -0.39 is 39.1 Å². The van der Waals surface area contributed by atoms with E-state index in [-0.39, 0.29) is 0 Å². The van der Waals surface area contributed by atoms with Crippen LogP contribution >= 0.6 is 60.9 Å². The zero-order valence-corrected chi connectivity index (χ0v) is 37.9. The Bertz CT molecular complexity index is 1410. The van der Waals surface area contributed by atoms with Crippen molar-refractivity contribution in [1.82, 2.24) is 9.72 Å². The summed E-state index contributed by atoms with van der Waals surface area (Å²) >= 11 is -3.18. The molecule has 0 bridgehead atoms. The maximum atomic E-state index is 4.75. The summed E-state index contributed by atoms with van der Waals surface area (Å²) in [4.78, 5) is 9.50. The van der Waals surface area contributed by atoms with Gasteiger partial charge < -0.3 is 0 Å². The second kappa shape index (κ2) is 15.0. The summed E-state index contributed by atoms with van der Waals surface area (Å²) in [5.74, 6) is 0. The number of rotatable bonds is 8. The summed E-state index contributed by atoms with van der Waals surface area (Å²) in [6.07, 6.45) is 0. The molecule has 2 aliphatic heterocycles. The molecule has 2 heterocycles. The average Bonchev–Trinajstić information content (AvgIpc) is 3.09. The molecule has 0 atom stereocenters. The molecule has 2 nitrogen and oxygen atoms in total. The van der Waals surface area contributed by atoms with Crippen LogP contribution in [0.2, 0.25) is 0 Å². The van der Waals surface area contributed by atoms with Gasteiger partial charge >= 0.3 is 304 Å². The summed E-state index contributed by atoms with van der Waals surface area (Å²) in [5.41, 5.74) is 2.30. The molecule has 2 aliphatic rings. The number of benzene rings is 4. The van der Waals surface area contributed by atoms with E-state index in [4.69, 9.17) is 9.72 Å². The Hall–Kier alpha value is 0.710. The monoisotopic (exact) mass is 892 g/mol. The summed E-state index contributed by atoms with van der Waals surface area (Å²) in [7, 11) is 10.1. The molecule has 47 heavy (non-hydrogen) atoms. The first-order valence-corrected chi connectivity index (χ1v) is 40.7. The third kappa shape index (κ3) is 6.85. The van der Waals surface area contributed by atoms with Crippen molar-refractivity contribution in [3.8, 4) is 0 Å². The quantitative estimate of drug-likeness (QED) is 0.135. The Morgan fingerprint density at radius 2 is 0.617 bits per heavy atom. The van der Waals surface area contributed by atoms with E-state index in [2.05, 4.69) is 211 Å². The van der Waals surface area contributed by atoms with E-state index in [1.807, 2.05) is 0 Å². The predicted octanol–water partition coefficient (Wildman–Crippen LogP) is 11.9. The number of hydrogen-bond acceptors (Lipinski definition) is 6. The molecule has 1 spiro atoms. The second-order valence-electron chi connectivity index (χ2n) is 13.3. The Balaban J connectivity index is 1.72. The normalized spacial score (nSPS) is 21.7. The van der Waals surface area contributed by atoms with Crippen molar-refractivity contribution >= 4 is 94.8 Å². The van der Waals surface area contributed by atoms with Crippen LogP contribution in [0.3, 0.4) is 0 Å². The Kier molecular flexibility index (Phi) is 11.9. The van der Waals surface area contributed by atoms with Gasteiger partial charge in [-0.25, -0.2) is 0 Å². The summed E-state index contributed by atoms with van der Waals surface area (Å²) in [5, 5.41) is 6.03. The van der Waals surface area contributed by atoms with Gasteiger partial charge in [-0.3, -0.25) is 0 Å². The van der Waals surface area contributed by atoms with Crippen LogP contribution in [0, 0.1) is 0 Å². The molecule has 2 N–H and O–H groups in total. The van der Waals surface area contributed by atoms with Gasteiger partial charge in [-0.2, -0.15) is 0 Å². The van der Waals surface area contributed by atoms with Gasteiger partial charge in [0.1, 0.15) is 0 Å². The third-order valence-corrected chi connectivity index (χ3v) is 128. The van der Waals surface area contributed by atoms with Crippen molar-refractivity contribution in [1.29, 1.82) is 0 Å². The van der Waals surface area contributed by atoms with Gasteiger partial charge in [0, 0.05) is 0 Å². The average molecular weight is 891 g/mol. The first-order chi connectivity index (χ1) is 22.4. The first-order valence-electron chi connectivity index (χ1n) is 16.5. The van der Waals surface area contributed by atoms with E-state index in [0.717, 1.165) is 0 Å². The molecule has 6 rings (SSSR count). The molecule has 0 saturated carbocycles. The van der Waals surface area contributed by atoms with Crippen LogP contribution in [-0.2, 0) is 0 Å². The minimum atomic E-state index is -3.18. The maximum absolute atomic E-state index is 4.75. The van der Waals surface area contributed by atoms with E-state index >= 15 is 0 Å². The molecule has 4 aromatic rings. The van der Waals surface area contributed by atoms with Crippen molar-refractivity contribution in [2.75, 3.05) is 0 Å². The topological polar surface area (TPSA) is 24.1 Å². The Morgan fingerprint density at radius 3 is 0.830 bits per heavy atom. The molecule has 4 aromatic carbocycles. The zero-order chi connectivity index (χ0) is 33.5.